The van der Waals surface area contributed by atoms with Gasteiger partial charge < -0.3 is 15.4 Å². The highest BCUT2D eigenvalue weighted by Crippen LogP contribution is 2.20. The average molecular weight is 212 g/mol. The fraction of sp³-hybridized carbons (Fsp3) is 0.909. The van der Waals surface area contributed by atoms with Crippen molar-refractivity contribution in [2.24, 2.45) is 11.7 Å². The molecule has 0 aromatic heterocycles. The van der Waals surface area contributed by atoms with E-state index in [0.717, 1.165) is 45.4 Å². The molecule has 2 atom stereocenters. The monoisotopic (exact) mass is 212 g/mol. The fourth-order valence-corrected chi connectivity index (χ4v) is 2.43. The van der Waals surface area contributed by atoms with E-state index < -0.39 is 0 Å². The molecule has 2 aliphatic rings. The van der Waals surface area contributed by atoms with Crippen LogP contribution in [0.4, 0.5) is 0 Å². The SMILES string of the molecule is NC[C@H]1CCCN(C(=O)[C@@H]2CCCO2)C1. The van der Waals surface area contributed by atoms with Crippen LogP contribution in [0.25, 0.3) is 0 Å². The minimum Gasteiger partial charge on any atom is -0.368 e. The van der Waals surface area contributed by atoms with Crippen LogP contribution in [-0.2, 0) is 9.53 Å². The number of nitrogens with zero attached hydrogens (tertiary/aromatic N) is 1. The van der Waals surface area contributed by atoms with Crippen LogP contribution in [-0.4, -0.2) is 43.2 Å². The van der Waals surface area contributed by atoms with Gasteiger partial charge in [-0.2, -0.15) is 0 Å². The highest BCUT2D eigenvalue weighted by Gasteiger charge is 2.30. The van der Waals surface area contributed by atoms with Gasteiger partial charge in [0, 0.05) is 19.7 Å². The number of hydrogen-bond acceptors (Lipinski definition) is 3. The molecule has 0 aromatic carbocycles. The van der Waals surface area contributed by atoms with E-state index in [0.29, 0.717) is 12.5 Å². The lowest BCUT2D eigenvalue weighted by Crippen LogP contribution is -2.46. The summed E-state index contributed by atoms with van der Waals surface area (Å²) in [5, 5.41) is 0. The zero-order chi connectivity index (χ0) is 10.7. The van der Waals surface area contributed by atoms with Crippen LogP contribution < -0.4 is 5.73 Å². The van der Waals surface area contributed by atoms with Crippen molar-refractivity contribution < 1.29 is 9.53 Å². The first kappa shape index (κ1) is 10.9. The molecule has 0 unspecified atom stereocenters. The van der Waals surface area contributed by atoms with Crippen LogP contribution in [0.15, 0.2) is 0 Å². The van der Waals surface area contributed by atoms with E-state index in [1.165, 1.54) is 0 Å². The molecule has 0 radical (unpaired) electrons. The summed E-state index contributed by atoms with van der Waals surface area (Å²) in [4.78, 5) is 14.0. The number of carbonyl (C=O) groups is 1. The van der Waals surface area contributed by atoms with Crippen molar-refractivity contribution in [1.29, 1.82) is 0 Å². The van der Waals surface area contributed by atoms with Crippen molar-refractivity contribution in [1.82, 2.24) is 4.90 Å². The number of carbonyl (C=O) groups excluding carboxylic acids is 1. The van der Waals surface area contributed by atoms with Crippen molar-refractivity contribution in [2.45, 2.75) is 31.8 Å². The Bertz CT molecular complexity index is 227. The Morgan fingerprint density at radius 2 is 2.27 bits per heavy atom. The highest BCUT2D eigenvalue weighted by atomic mass is 16.5. The summed E-state index contributed by atoms with van der Waals surface area (Å²) < 4.78 is 5.41. The first-order valence-corrected chi connectivity index (χ1v) is 5.91. The van der Waals surface area contributed by atoms with E-state index >= 15 is 0 Å². The molecule has 15 heavy (non-hydrogen) atoms. The number of amides is 1. The third-order valence-corrected chi connectivity index (χ3v) is 3.37. The number of ether oxygens (including phenoxy) is 1. The quantitative estimate of drug-likeness (QED) is 0.719. The normalized spacial score (nSPS) is 31.9. The summed E-state index contributed by atoms with van der Waals surface area (Å²) >= 11 is 0. The van der Waals surface area contributed by atoms with Gasteiger partial charge in [-0.3, -0.25) is 4.79 Å². The van der Waals surface area contributed by atoms with Gasteiger partial charge in [-0.15, -0.1) is 0 Å². The smallest absolute Gasteiger partial charge is 0.251 e. The largest absolute Gasteiger partial charge is 0.368 e. The molecule has 0 bridgehead atoms. The van der Waals surface area contributed by atoms with Gasteiger partial charge in [-0.05, 0) is 38.1 Å². The molecule has 86 valence electrons. The van der Waals surface area contributed by atoms with E-state index in [2.05, 4.69) is 0 Å². The van der Waals surface area contributed by atoms with E-state index in [9.17, 15) is 4.79 Å². The van der Waals surface area contributed by atoms with Gasteiger partial charge in [0.1, 0.15) is 6.10 Å². The standard InChI is InChI=1S/C11H20N2O2/c12-7-9-3-1-5-13(8-9)11(14)10-4-2-6-15-10/h9-10H,1-8,12H2/t9-,10+/m1/s1. The molecule has 0 saturated carbocycles. The molecule has 0 aliphatic carbocycles. The van der Waals surface area contributed by atoms with Crippen molar-refractivity contribution in [3.63, 3.8) is 0 Å². The Balaban J connectivity index is 1.88. The molecule has 2 rings (SSSR count). The van der Waals surface area contributed by atoms with Crippen molar-refractivity contribution in [2.75, 3.05) is 26.2 Å². The van der Waals surface area contributed by atoms with E-state index in [1.54, 1.807) is 0 Å². The lowest BCUT2D eigenvalue weighted by molar-refractivity contribution is -0.142. The summed E-state index contributed by atoms with van der Waals surface area (Å²) in [6, 6.07) is 0. The molecule has 2 fully saturated rings. The average Bonchev–Trinajstić information content (AvgIpc) is 2.81. The van der Waals surface area contributed by atoms with Crippen LogP contribution in [0.1, 0.15) is 25.7 Å². The van der Waals surface area contributed by atoms with Crippen LogP contribution in [0.5, 0.6) is 0 Å². The zero-order valence-electron chi connectivity index (χ0n) is 9.15. The van der Waals surface area contributed by atoms with Gasteiger partial charge in [0.05, 0.1) is 0 Å². The van der Waals surface area contributed by atoms with Gasteiger partial charge >= 0.3 is 0 Å². The van der Waals surface area contributed by atoms with Crippen molar-refractivity contribution in [3.8, 4) is 0 Å². The minimum atomic E-state index is -0.165. The molecule has 4 nitrogen and oxygen atoms in total. The number of nitrogens with two attached hydrogens (primary N) is 1. The summed E-state index contributed by atoms with van der Waals surface area (Å²) in [7, 11) is 0. The summed E-state index contributed by atoms with van der Waals surface area (Å²) in [6.45, 7) is 3.14. The molecule has 2 N–H and O–H groups in total. The molecule has 0 aromatic rings. The second-order valence-corrected chi connectivity index (χ2v) is 4.53. The van der Waals surface area contributed by atoms with Crippen LogP contribution in [0.2, 0.25) is 0 Å². The van der Waals surface area contributed by atoms with E-state index in [-0.39, 0.29) is 12.0 Å². The van der Waals surface area contributed by atoms with E-state index in [4.69, 9.17) is 10.5 Å². The molecule has 0 spiro atoms. The lowest BCUT2D eigenvalue weighted by Gasteiger charge is -2.33. The molecular formula is C11H20N2O2. The Morgan fingerprint density at radius 1 is 1.40 bits per heavy atom. The van der Waals surface area contributed by atoms with Gasteiger partial charge in [0.25, 0.3) is 5.91 Å². The summed E-state index contributed by atoms with van der Waals surface area (Å²) in [5.41, 5.74) is 5.65. The van der Waals surface area contributed by atoms with Crippen molar-refractivity contribution in [3.05, 3.63) is 0 Å². The molecule has 2 saturated heterocycles. The second kappa shape index (κ2) is 4.94. The van der Waals surface area contributed by atoms with Crippen LogP contribution in [0.3, 0.4) is 0 Å². The number of rotatable bonds is 2. The third kappa shape index (κ3) is 2.49. The molecule has 4 heteroatoms. The summed E-state index contributed by atoms with van der Waals surface area (Å²) in [5.74, 6) is 0.676. The predicted octanol–water partition coefficient (Wildman–Crippen LogP) is 0.363. The van der Waals surface area contributed by atoms with Gasteiger partial charge in [-0.25, -0.2) is 0 Å². The fourth-order valence-electron chi connectivity index (χ4n) is 2.43. The Hall–Kier alpha value is -0.610. The summed E-state index contributed by atoms with van der Waals surface area (Å²) in [6.07, 6.45) is 3.99. The van der Waals surface area contributed by atoms with Gasteiger partial charge in [-0.1, -0.05) is 0 Å². The Morgan fingerprint density at radius 3 is 2.93 bits per heavy atom. The zero-order valence-corrected chi connectivity index (χ0v) is 9.15. The van der Waals surface area contributed by atoms with Crippen LogP contribution >= 0.6 is 0 Å². The minimum absolute atomic E-state index is 0.165. The number of likely N-dealkylation sites (tertiary alicyclic amines) is 1. The van der Waals surface area contributed by atoms with Crippen LogP contribution in [0, 0.1) is 5.92 Å². The first-order chi connectivity index (χ1) is 7.31. The maximum Gasteiger partial charge on any atom is 0.251 e. The topological polar surface area (TPSA) is 55.6 Å². The Labute approximate surface area is 90.8 Å². The second-order valence-electron chi connectivity index (χ2n) is 4.53. The molecular weight excluding hydrogens is 192 g/mol. The number of piperidine rings is 1. The lowest BCUT2D eigenvalue weighted by atomic mass is 9.98. The van der Waals surface area contributed by atoms with Gasteiger partial charge in [0.15, 0.2) is 0 Å². The van der Waals surface area contributed by atoms with Gasteiger partial charge in [0.2, 0.25) is 0 Å². The predicted molar refractivity (Wildman–Crippen MR) is 57.3 cm³/mol. The van der Waals surface area contributed by atoms with E-state index in [1.807, 2.05) is 4.90 Å². The maximum atomic E-state index is 12.0. The third-order valence-electron chi connectivity index (χ3n) is 3.37. The maximum absolute atomic E-state index is 12.0. The Kier molecular flexibility index (Phi) is 3.59. The molecule has 2 heterocycles. The highest BCUT2D eigenvalue weighted by molar-refractivity contribution is 5.81. The number of hydrogen-bond donors (Lipinski definition) is 1. The molecule has 1 amide bonds. The van der Waals surface area contributed by atoms with Crippen molar-refractivity contribution >= 4 is 5.91 Å². The molecule has 2 aliphatic heterocycles. The first-order valence-electron chi connectivity index (χ1n) is 5.91.